The number of non-ortho nitro benzene ring substituents is 1. The number of hydrogen-bond donors (Lipinski definition) is 2. The molecule has 4 aromatic rings. The minimum atomic E-state index is -0.739. The molecule has 0 fully saturated rings. The summed E-state index contributed by atoms with van der Waals surface area (Å²) in [5, 5.41) is 26.5. The van der Waals surface area contributed by atoms with Gasteiger partial charge in [-0.1, -0.05) is 30.3 Å². The number of nitro benzene ring substituents is 1. The van der Waals surface area contributed by atoms with Gasteiger partial charge < -0.3 is 15.2 Å². The first kappa shape index (κ1) is 20.9. The number of phenolic OH excluding ortho intramolecular Hbond substituents is 1. The smallest absolute Gasteiger partial charge is 0.269 e. The molecular weight excluding hydrogens is 408 g/mol. The van der Waals surface area contributed by atoms with Gasteiger partial charge in [-0.05, 0) is 58.8 Å². The zero-order valence-electron chi connectivity index (χ0n) is 17.2. The van der Waals surface area contributed by atoms with Crippen LogP contribution in [0.5, 0.6) is 11.5 Å². The maximum absolute atomic E-state index is 13.1. The number of nitro groups is 1. The van der Waals surface area contributed by atoms with E-state index in [-0.39, 0.29) is 17.3 Å². The minimum absolute atomic E-state index is 0.0158. The summed E-state index contributed by atoms with van der Waals surface area (Å²) in [4.78, 5) is 23.7. The molecule has 7 nitrogen and oxygen atoms in total. The number of fused-ring (bicyclic) bond motifs is 1. The van der Waals surface area contributed by atoms with Crippen molar-refractivity contribution in [2.45, 2.75) is 6.04 Å². The Morgan fingerprint density at radius 1 is 0.969 bits per heavy atom. The Morgan fingerprint density at radius 2 is 1.66 bits per heavy atom. The topological polar surface area (TPSA) is 102 Å². The summed E-state index contributed by atoms with van der Waals surface area (Å²) in [5.74, 6) is 0.283. The molecule has 0 aliphatic heterocycles. The maximum Gasteiger partial charge on any atom is 0.269 e. The standard InChI is InChI=1S/C25H20N2O5/c1-32-20-13-8-18(9-14-20)25(29)26-24(17-6-11-19(12-7-17)27(30)31)23-21-5-3-2-4-16(21)10-15-22(23)28/h2-15,24,28H,1H3,(H,26,29). The number of nitrogens with zero attached hydrogens (tertiary/aromatic N) is 1. The molecule has 0 heterocycles. The van der Waals surface area contributed by atoms with Gasteiger partial charge in [0.15, 0.2) is 0 Å². The van der Waals surface area contributed by atoms with E-state index in [4.69, 9.17) is 4.74 Å². The van der Waals surface area contributed by atoms with Gasteiger partial charge in [-0.25, -0.2) is 0 Å². The number of carbonyl (C=O) groups excluding carboxylic acids is 1. The summed E-state index contributed by atoms with van der Waals surface area (Å²) in [6.45, 7) is 0. The fourth-order valence-corrected chi connectivity index (χ4v) is 3.65. The number of methoxy groups -OCH3 is 1. The van der Waals surface area contributed by atoms with Gasteiger partial charge in [0, 0.05) is 23.3 Å². The molecule has 0 aliphatic carbocycles. The minimum Gasteiger partial charge on any atom is -0.508 e. The Balaban J connectivity index is 1.81. The van der Waals surface area contributed by atoms with Gasteiger partial charge in [0.25, 0.3) is 11.6 Å². The van der Waals surface area contributed by atoms with Crippen molar-refractivity contribution in [1.82, 2.24) is 5.32 Å². The Bertz CT molecular complexity index is 1280. The maximum atomic E-state index is 13.1. The first-order valence-corrected chi connectivity index (χ1v) is 9.88. The second-order valence-corrected chi connectivity index (χ2v) is 7.20. The molecule has 1 amide bonds. The van der Waals surface area contributed by atoms with Gasteiger partial charge >= 0.3 is 0 Å². The highest BCUT2D eigenvalue weighted by atomic mass is 16.6. The first-order chi connectivity index (χ1) is 15.5. The predicted octanol–water partition coefficient (Wildman–Crippen LogP) is 4.98. The van der Waals surface area contributed by atoms with Crippen LogP contribution in [0.3, 0.4) is 0 Å². The van der Waals surface area contributed by atoms with Gasteiger partial charge in [-0.3, -0.25) is 14.9 Å². The molecule has 1 atom stereocenters. The van der Waals surface area contributed by atoms with Crippen LogP contribution in [0.25, 0.3) is 10.8 Å². The number of phenols is 1. The van der Waals surface area contributed by atoms with E-state index in [1.165, 1.54) is 12.1 Å². The van der Waals surface area contributed by atoms with E-state index in [2.05, 4.69) is 5.32 Å². The highest BCUT2D eigenvalue weighted by molar-refractivity contribution is 5.96. The largest absolute Gasteiger partial charge is 0.508 e. The molecule has 160 valence electrons. The van der Waals surface area contributed by atoms with Crippen molar-refractivity contribution in [2.24, 2.45) is 0 Å². The van der Waals surface area contributed by atoms with Crippen LogP contribution in [0.4, 0.5) is 5.69 Å². The van der Waals surface area contributed by atoms with Gasteiger partial charge in [0.05, 0.1) is 18.1 Å². The Hall–Kier alpha value is -4.39. The third kappa shape index (κ3) is 4.09. The molecule has 0 radical (unpaired) electrons. The lowest BCUT2D eigenvalue weighted by Gasteiger charge is -2.23. The van der Waals surface area contributed by atoms with Gasteiger partial charge in [0.2, 0.25) is 0 Å². The Labute approximate surface area is 184 Å². The van der Waals surface area contributed by atoms with E-state index in [0.717, 1.165) is 10.8 Å². The predicted molar refractivity (Wildman–Crippen MR) is 121 cm³/mol. The summed E-state index contributed by atoms with van der Waals surface area (Å²) >= 11 is 0. The van der Waals surface area contributed by atoms with Crippen LogP contribution in [0, 0.1) is 10.1 Å². The van der Waals surface area contributed by atoms with Gasteiger partial charge in [-0.15, -0.1) is 0 Å². The molecule has 4 aromatic carbocycles. The van der Waals surface area contributed by atoms with Crippen molar-refractivity contribution in [2.75, 3.05) is 7.11 Å². The zero-order valence-corrected chi connectivity index (χ0v) is 17.2. The lowest BCUT2D eigenvalue weighted by atomic mass is 9.92. The fraction of sp³-hybridized carbons (Fsp3) is 0.0800. The summed E-state index contributed by atoms with van der Waals surface area (Å²) in [6, 6.07) is 22.7. The monoisotopic (exact) mass is 428 g/mol. The Morgan fingerprint density at radius 3 is 2.31 bits per heavy atom. The molecule has 4 rings (SSSR count). The van der Waals surface area contributed by atoms with E-state index in [9.17, 15) is 20.0 Å². The van der Waals surface area contributed by atoms with Crippen molar-refractivity contribution in [3.63, 3.8) is 0 Å². The summed E-state index contributed by atoms with van der Waals surface area (Å²) in [6.07, 6.45) is 0. The van der Waals surface area contributed by atoms with Crippen LogP contribution >= 0.6 is 0 Å². The highest BCUT2D eigenvalue weighted by Gasteiger charge is 2.24. The highest BCUT2D eigenvalue weighted by Crippen LogP contribution is 2.36. The number of ether oxygens (including phenoxy) is 1. The van der Waals surface area contributed by atoms with Crippen LogP contribution in [-0.4, -0.2) is 23.0 Å². The fourth-order valence-electron chi connectivity index (χ4n) is 3.65. The molecule has 2 N–H and O–H groups in total. The summed E-state index contributed by atoms with van der Waals surface area (Å²) in [7, 11) is 1.54. The number of benzene rings is 4. The lowest BCUT2D eigenvalue weighted by molar-refractivity contribution is -0.384. The number of aromatic hydroxyl groups is 1. The number of hydrogen-bond acceptors (Lipinski definition) is 5. The molecule has 0 aliphatic rings. The molecule has 1 unspecified atom stereocenters. The van der Waals surface area contributed by atoms with Gasteiger partial charge in [-0.2, -0.15) is 0 Å². The van der Waals surface area contributed by atoms with Crippen molar-refractivity contribution in [3.05, 3.63) is 112 Å². The summed E-state index contributed by atoms with van der Waals surface area (Å²) < 4.78 is 5.14. The van der Waals surface area contributed by atoms with E-state index < -0.39 is 11.0 Å². The average molecular weight is 428 g/mol. The van der Waals surface area contributed by atoms with E-state index in [1.807, 2.05) is 24.3 Å². The van der Waals surface area contributed by atoms with Crippen molar-refractivity contribution < 1.29 is 19.6 Å². The molecular formula is C25H20N2O5. The Kier molecular flexibility index (Phi) is 5.72. The number of rotatable bonds is 6. The molecule has 0 saturated carbocycles. The second-order valence-electron chi connectivity index (χ2n) is 7.20. The van der Waals surface area contributed by atoms with Crippen molar-refractivity contribution >= 4 is 22.4 Å². The third-order valence-electron chi connectivity index (χ3n) is 5.30. The first-order valence-electron chi connectivity index (χ1n) is 9.88. The second kappa shape index (κ2) is 8.77. The van der Waals surface area contributed by atoms with Crippen LogP contribution in [0.2, 0.25) is 0 Å². The zero-order chi connectivity index (χ0) is 22.7. The average Bonchev–Trinajstić information content (AvgIpc) is 2.83. The van der Waals surface area contributed by atoms with Gasteiger partial charge in [0.1, 0.15) is 11.5 Å². The molecule has 32 heavy (non-hydrogen) atoms. The molecule has 0 bridgehead atoms. The van der Waals surface area contributed by atoms with Crippen molar-refractivity contribution in [1.29, 1.82) is 0 Å². The van der Waals surface area contributed by atoms with E-state index in [0.29, 0.717) is 22.4 Å². The number of amides is 1. The SMILES string of the molecule is COc1ccc(C(=O)NC(c2ccc([N+](=O)[O-])cc2)c2c(O)ccc3ccccc23)cc1. The quantitative estimate of drug-likeness (QED) is 0.333. The molecule has 7 heteroatoms. The van der Waals surface area contributed by atoms with Crippen LogP contribution < -0.4 is 10.1 Å². The van der Waals surface area contributed by atoms with E-state index >= 15 is 0 Å². The number of carbonyl (C=O) groups is 1. The number of nitrogens with one attached hydrogen (secondary N) is 1. The molecule has 0 saturated heterocycles. The van der Waals surface area contributed by atoms with Crippen LogP contribution in [0.15, 0.2) is 84.9 Å². The molecule has 0 aromatic heterocycles. The molecule has 0 spiro atoms. The van der Waals surface area contributed by atoms with Crippen molar-refractivity contribution in [3.8, 4) is 11.5 Å². The van der Waals surface area contributed by atoms with Crippen LogP contribution in [0.1, 0.15) is 27.5 Å². The third-order valence-corrected chi connectivity index (χ3v) is 5.30. The van der Waals surface area contributed by atoms with Crippen LogP contribution in [-0.2, 0) is 0 Å². The normalized spacial score (nSPS) is 11.7. The summed E-state index contributed by atoms with van der Waals surface area (Å²) in [5.41, 5.74) is 1.47. The lowest BCUT2D eigenvalue weighted by Crippen LogP contribution is -2.29. The van der Waals surface area contributed by atoms with E-state index in [1.54, 1.807) is 55.6 Å².